The second-order valence-corrected chi connectivity index (χ2v) is 7.83. The highest BCUT2D eigenvalue weighted by Gasteiger charge is 2.20. The van der Waals surface area contributed by atoms with Gasteiger partial charge in [0, 0.05) is 0 Å². The first kappa shape index (κ1) is 12.7. The Labute approximate surface area is 107 Å². The molecular weight excluding hydrogens is 224 g/mol. The van der Waals surface area contributed by atoms with Crippen molar-refractivity contribution >= 4 is 9.04 Å². The fraction of sp³-hybridized carbons (Fsp3) is 0.600. The molecule has 0 amide bonds. The van der Waals surface area contributed by atoms with Gasteiger partial charge in [0.15, 0.2) is 0 Å². The number of hydrogen-bond donors (Lipinski definition) is 0. The molecule has 0 heterocycles. The lowest BCUT2D eigenvalue weighted by Gasteiger charge is -2.26. The van der Waals surface area contributed by atoms with Crippen LogP contribution in [0.1, 0.15) is 49.1 Å². The van der Waals surface area contributed by atoms with Crippen LogP contribution in [0.2, 0.25) is 13.1 Å². The maximum absolute atomic E-state index is 6.17. The number of benzene rings is 1. The minimum Gasteiger partial charge on any atom is -0.547 e. The maximum Gasteiger partial charge on any atom is 0.229 e. The van der Waals surface area contributed by atoms with Crippen molar-refractivity contribution in [1.82, 2.24) is 0 Å². The molecule has 1 fully saturated rings. The highest BCUT2D eigenvalue weighted by molar-refractivity contribution is 6.49. The van der Waals surface area contributed by atoms with Crippen molar-refractivity contribution in [3.63, 3.8) is 0 Å². The van der Waals surface area contributed by atoms with Gasteiger partial charge in [0.25, 0.3) is 0 Å². The minimum absolute atomic E-state index is 0.742. The quantitative estimate of drug-likeness (QED) is 0.720. The minimum atomic E-state index is -1.01. The van der Waals surface area contributed by atoms with Gasteiger partial charge in [0.05, 0.1) is 0 Å². The average Bonchev–Trinajstić information content (AvgIpc) is 2.32. The van der Waals surface area contributed by atoms with Crippen LogP contribution in [0.15, 0.2) is 18.2 Å². The average molecular weight is 248 g/mol. The molecule has 17 heavy (non-hydrogen) atoms. The van der Waals surface area contributed by atoms with Gasteiger partial charge in [-0.1, -0.05) is 37.5 Å². The van der Waals surface area contributed by atoms with Gasteiger partial charge in [0.2, 0.25) is 9.04 Å². The van der Waals surface area contributed by atoms with E-state index in [0.29, 0.717) is 0 Å². The molecule has 94 valence electrons. The van der Waals surface area contributed by atoms with E-state index >= 15 is 0 Å². The molecule has 1 nitrogen and oxygen atoms in total. The van der Waals surface area contributed by atoms with E-state index in [0.717, 1.165) is 5.92 Å². The van der Waals surface area contributed by atoms with Crippen molar-refractivity contribution in [3.8, 4) is 5.75 Å². The van der Waals surface area contributed by atoms with Crippen LogP contribution in [0.4, 0.5) is 0 Å². The van der Waals surface area contributed by atoms with Crippen molar-refractivity contribution in [2.45, 2.75) is 58.0 Å². The molecule has 1 saturated carbocycles. The Morgan fingerprint density at radius 3 is 2.47 bits per heavy atom. The smallest absolute Gasteiger partial charge is 0.229 e. The third-order valence-electron chi connectivity index (χ3n) is 3.64. The maximum atomic E-state index is 6.17. The van der Waals surface area contributed by atoms with Gasteiger partial charge in [0.1, 0.15) is 5.75 Å². The summed E-state index contributed by atoms with van der Waals surface area (Å²) in [6.45, 7) is 6.67. The second kappa shape index (κ2) is 5.72. The molecule has 0 N–H and O–H groups in total. The normalized spacial score (nSPS) is 17.4. The zero-order valence-electron chi connectivity index (χ0n) is 11.3. The molecule has 2 rings (SSSR count). The van der Waals surface area contributed by atoms with Crippen molar-refractivity contribution in [3.05, 3.63) is 29.3 Å². The molecule has 0 radical (unpaired) electrons. The highest BCUT2D eigenvalue weighted by Crippen LogP contribution is 2.38. The molecule has 0 atom stereocenters. The van der Waals surface area contributed by atoms with Gasteiger partial charge in [-0.3, -0.25) is 0 Å². The van der Waals surface area contributed by atoms with E-state index in [-0.39, 0.29) is 0 Å². The molecule has 0 aliphatic heterocycles. The first-order valence-corrected chi connectivity index (χ1v) is 9.72. The number of para-hydroxylation sites is 1. The Kier molecular flexibility index (Phi) is 4.27. The topological polar surface area (TPSA) is 9.23 Å². The molecule has 0 saturated heterocycles. The highest BCUT2D eigenvalue weighted by atomic mass is 28.3. The summed E-state index contributed by atoms with van der Waals surface area (Å²) in [5, 5.41) is 0. The largest absolute Gasteiger partial charge is 0.547 e. The third kappa shape index (κ3) is 3.12. The van der Waals surface area contributed by atoms with Crippen molar-refractivity contribution in [2.24, 2.45) is 0 Å². The monoisotopic (exact) mass is 248 g/mol. The van der Waals surface area contributed by atoms with Crippen LogP contribution in [0.3, 0.4) is 0 Å². The first-order valence-electron chi connectivity index (χ1n) is 6.94. The van der Waals surface area contributed by atoms with E-state index in [1.807, 2.05) is 0 Å². The summed E-state index contributed by atoms with van der Waals surface area (Å²) in [6.07, 6.45) is 6.88. The molecule has 1 aromatic rings. The van der Waals surface area contributed by atoms with E-state index in [9.17, 15) is 0 Å². The predicted molar refractivity (Wildman–Crippen MR) is 76.5 cm³/mol. The summed E-state index contributed by atoms with van der Waals surface area (Å²) in [7, 11) is -1.01. The number of aryl methyl sites for hydroxylation is 1. The molecule has 0 unspecified atom stereocenters. The molecule has 2 heteroatoms. The third-order valence-corrected chi connectivity index (χ3v) is 4.35. The molecule has 1 aliphatic rings. The van der Waals surface area contributed by atoms with Crippen molar-refractivity contribution in [1.29, 1.82) is 0 Å². The van der Waals surface area contributed by atoms with Gasteiger partial charge >= 0.3 is 0 Å². The van der Waals surface area contributed by atoms with Gasteiger partial charge in [-0.25, -0.2) is 0 Å². The van der Waals surface area contributed by atoms with Crippen LogP contribution in [0.5, 0.6) is 5.75 Å². The summed E-state index contributed by atoms with van der Waals surface area (Å²) >= 11 is 0. The van der Waals surface area contributed by atoms with Gasteiger partial charge in [-0.05, 0) is 49.9 Å². The Morgan fingerprint density at radius 1 is 1.12 bits per heavy atom. The Hall–Kier alpha value is -0.763. The van der Waals surface area contributed by atoms with E-state index in [4.69, 9.17) is 4.43 Å². The van der Waals surface area contributed by atoms with Crippen LogP contribution < -0.4 is 4.43 Å². The zero-order chi connectivity index (χ0) is 12.3. The standard InChI is InChI=1S/C15H24OSi/c1-12-8-7-11-14(15(12)16-17(2)3)13-9-5-4-6-10-13/h7-8,11,13,17H,4-6,9-10H2,1-3H3. The van der Waals surface area contributed by atoms with E-state index in [1.54, 1.807) is 0 Å². The predicted octanol–water partition coefficient (Wildman–Crippen LogP) is 4.40. The lowest BCUT2D eigenvalue weighted by atomic mass is 9.83. The molecular formula is C15H24OSi. The lowest BCUT2D eigenvalue weighted by Crippen LogP contribution is -2.15. The molecule has 1 aliphatic carbocycles. The van der Waals surface area contributed by atoms with E-state index in [1.165, 1.54) is 49.0 Å². The Morgan fingerprint density at radius 2 is 1.82 bits per heavy atom. The van der Waals surface area contributed by atoms with Gasteiger partial charge < -0.3 is 4.43 Å². The fourth-order valence-corrected chi connectivity index (χ4v) is 3.60. The summed E-state index contributed by atoms with van der Waals surface area (Å²) in [6, 6.07) is 6.65. The van der Waals surface area contributed by atoms with Crippen molar-refractivity contribution < 1.29 is 4.43 Å². The van der Waals surface area contributed by atoms with E-state index in [2.05, 4.69) is 38.2 Å². The molecule has 0 aromatic heterocycles. The molecule has 0 bridgehead atoms. The van der Waals surface area contributed by atoms with Gasteiger partial charge in [-0.15, -0.1) is 0 Å². The van der Waals surface area contributed by atoms with Crippen LogP contribution in [-0.2, 0) is 0 Å². The Bertz CT molecular complexity index is 367. The van der Waals surface area contributed by atoms with Crippen LogP contribution in [0.25, 0.3) is 0 Å². The number of hydrogen-bond acceptors (Lipinski definition) is 1. The zero-order valence-corrected chi connectivity index (χ0v) is 12.5. The molecule has 1 aromatic carbocycles. The van der Waals surface area contributed by atoms with E-state index < -0.39 is 9.04 Å². The first-order chi connectivity index (χ1) is 8.18. The summed E-state index contributed by atoms with van der Waals surface area (Å²) in [5.74, 6) is 1.95. The lowest BCUT2D eigenvalue weighted by molar-refractivity contribution is 0.432. The van der Waals surface area contributed by atoms with Crippen LogP contribution in [-0.4, -0.2) is 9.04 Å². The number of rotatable bonds is 3. The summed E-state index contributed by atoms with van der Waals surface area (Å²) < 4.78 is 6.17. The van der Waals surface area contributed by atoms with Crippen LogP contribution >= 0.6 is 0 Å². The summed E-state index contributed by atoms with van der Waals surface area (Å²) in [5.41, 5.74) is 2.79. The SMILES string of the molecule is Cc1cccc(C2CCCCC2)c1O[SiH](C)C. The van der Waals surface area contributed by atoms with Crippen LogP contribution in [0, 0.1) is 6.92 Å². The fourth-order valence-electron chi connectivity index (χ4n) is 2.81. The van der Waals surface area contributed by atoms with Crippen molar-refractivity contribution in [2.75, 3.05) is 0 Å². The molecule has 0 spiro atoms. The van der Waals surface area contributed by atoms with Gasteiger partial charge in [-0.2, -0.15) is 0 Å². The Balaban J connectivity index is 2.27. The summed E-state index contributed by atoms with van der Waals surface area (Å²) in [4.78, 5) is 0. The second-order valence-electron chi connectivity index (χ2n) is 5.49.